The van der Waals surface area contributed by atoms with E-state index in [9.17, 15) is 18.4 Å². The van der Waals surface area contributed by atoms with E-state index >= 15 is 0 Å². The van der Waals surface area contributed by atoms with Crippen molar-refractivity contribution in [3.05, 3.63) is 76.7 Å². The molecule has 0 unspecified atom stereocenters. The van der Waals surface area contributed by atoms with Gasteiger partial charge in [-0.25, -0.2) is 18.4 Å². The van der Waals surface area contributed by atoms with E-state index in [1.165, 1.54) is 41.1 Å². The first-order valence-corrected chi connectivity index (χ1v) is 13.2. The zero-order valence-electron chi connectivity index (χ0n) is 19.8. The number of piperazine rings is 1. The lowest BCUT2D eigenvalue weighted by atomic mass is 10.1. The van der Waals surface area contributed by atoms with Crippen molar-refractivity contribution in [3.8, 4) is 11.1 Å². The smallest absolute Gasteiger partial charge is 0.291 e. The minimum absolute atomic E-state index is 0.0183. The molecule has 5 rings (SSSR count). The maximum absolute atomic E-state index is 13.5. The number of rotatable bonds is 6. The van der Waals surface area contributed by atoms with Gasteiger partial charge in [0.25, 0.3) is 15.9 Å². The van der Waals surface area contributed by atoms with Gasteiger partial charge in [-0.1, -0.05) is 11.6 Å². The molecule has 0 saturated carbocycles. The van der Waals surface area contributed by atoms with Gasteiger partial charge in [0, 0.05) is 84.9 Å². The molecule has 0 radical (unpaired) electrons. The Bertz CT molecular complexity index is 1550. The molecule has 3 aromatic heterocycles. The fourth-order valence-corrected chi connectivity index (χ4v) is 6.09. The molecule has 1 fully saturated rings. The van der Waals surface area contributed by atoms with Crippen LogP contribution in [0.25, 0.3) is 22.0 Å². The zero-order chi connectivity index (χ0) is 26.2. The lowest BCUT2D eigenvalue weighted by Crippen LogP contribution is -2.50. The van der Waals surface area contributed by atoms with Crippen molar-refractivity contribution in [2.45, 2.75) is 11.6 Å². The first kappa shape index (κ1) is 25.1. The number of amides is 1. The van der Waals surface area contributed by atoms with Crippen molar-refractivity contribution in [3.63, 3.8) is 0 Å². The molecule has 4 heterocycles. The number of carbonyl (C=O) groups is 1. The number of methoxy groups -OCH3 is 1. The van der Waals surface area contributed by atoms with Crippen LogP contribution in [0.5, 0.6) is 0 Å². The number of aromatic nitrogens is 4. The Morgan fingerprint density at radius 1 is 1.11 bits per heavy atom. The highest BCUT2D eigenvalue weighted by molar-refractivity contribution is 7.89. The molecule has 0 bridgehead atoms. The number of sulfonamides is 1. The minimum atomic E-state index is -3.88. The highest BCUT2D eigenvalue weighted by Gasteiger charge is 2.34. The Hall–Kier alpha value is -3.58. The lowest BCUT2D eigenvalue weighted by molar-refractivity contribution is -0.605. The van der Waals surface area contributed by atoms with Crippen LogP contribution in [0, 0.1) is 5.21 Å². The number of fused-ring (bicyclic) bond motifs is 1. The van der Waals surface area contributed by atoms with E-state index in [4.69, 9.17) is 16.3 Å². The van der Waals surface area contributed by atoms with Gasteiger partial charge in [0.2, 0.25) is 5.82 Å². The summed E-state index contributed by atoms with van der Waals surface area (Å²) in [7, 11) is -2.38. The summed E-state index contributed by atoms with van der Waals surface area (Å²) in [6, 6.07) is 8.39. The van der Waals surface area contributed by atoms with Crippen LogP contribution in [0.4, 0.5) is 0 Å². The van der Waals surface area contributed by atoms with E-state index in [-0.39, 0.29) is 49.5 Å². The van der Waals surface area contributed by atoms with Crippen molar-refractivity contribution in [2.75, 3.05) is 33.3 Å². The molecule has 11 nitrogen and oxygen atoms in total. The van der Waals surface area contributed by atoms with E-state index in [1.807, 2.05) is 0 Å². The predicted molar refractivity (Wildman–Crippen MR) is 135 cm³/mol. The van der Waals surface area contributed by atoms with E-state index in [0.717, 1.165) is 5.56 Å². The van der Waals surface area contributed by atoms with E-state index in [0.29, 0.717) is 31.8 Å². The van der Waals surface area contributed by atoms with Gasteiger partial charge in [-0.3, -0.25) is 4.79 Å². The number of hydrogen-bond acceptors (Lipinski definition) is 7. The van der Waals surface area contributed by atoms with Crippen molar-refractivity contribution in [2.24, 2.45) is 0 Å². The third-order valence-corrected chi connectivity index (χ3v) is 8.36. The number of halogens is 1. The second kappa shape index (κ2) is 10.1. The van der Waals surface area contributed by atoms with Gasteiger partial charge in [0.1, 0.15) is 0 Å². The van der Waals surface area contributed by atoms with E-state index < -0.39 is 10.0 Å². The number of ether oxygens (including phenoxy) is 1. The van der Waals surface area contributed by atoms with Crippen LogP contribution in [0.15, 0.2) is 60.1 Å². The molecule has 0 spiro atoms. The summed E-state index contributed by atoms with van der Waals surface area (Å²) in [4.78, 5) is 25.9. The molecule has 13 heteroatoms. The SMILES string of the molecule is COCc1c(S(=O)(=O)N2CCN(C(=O)c3ncc(-c4cc[n+]([O-])cc4)cn3)CC2)[nH]c2ccc(Cl)cc12. The Morgan fingerprint density at radius 3 is 2.43 bits per heavy atom. The summed E-state index contributed by atoms with van der Waals surface area (Å²) in [6.07, 6.45) is 5.77. The second-order valence-electron chi connectivity index (χ2n) is 8.49. The maximum Gasteiger partial charge on any atom is 0.291 e. The Labute approximate surface area is 217 Å². The summed E-state index contributed by atoms with van der Waals surface area (Å²) < 4.78 is 34.4. The minimum Gasteiger partial charge on any atom is -0.619 e. The average Bonchev–Trinajstić information content (AvgIpc) is 3.27. The van der Waals surface area contributed by atoms with Gasteiger partial charge in [-0.15, -0.1) is 0 Å². The quantitative estimate of drug-likeness (QED) is 0.291. The van der Waals surface area contributed by atoms with Gasteiger partial charge in [0.05, 0.1) is 6.61 Å². The van der Waals surface area contributed by atoms with Gasteiger partial charge in [-0.2, -0.15) is 9.04 Å². The van der Waals surface area contributed by atoms with Crippen molar-refractivity contribution >= 4 is 38.4 Å². The number of nitrogens with one attached hydrogen (secondary N) is 1. The number of H-pyrrole nitrogens is 1. The first-order valence-electron chi connectivity index (χ1n) is 11.4. The number of carbonyl (C=O) groups excluding carboxylic acids is 1. The van der Waals surface area contributed by atoms with Gasteiger partial charge in [0.15, 0.2) is 17.4 Å². The Balaban J connectivity index is 1.30. The largest absolute Gasteiger partial charge is 0.619 e. The second-order valence-corrected chi connectivity index (χ2v) is 10.8. The van der Waals surface area contributed by atoms with Gasteiger partial charge < -0.3 is 19.8 Å². The number of benzene rings is 1. The molecule has 1 amide bonds. The summed E-state index contributed by atoms with van der Waals surface area (Å²) in [5.41, 5.74) is 2.57. The molecule has 4 aromatic rings. The van der Waals surface area contributed by atoms with Crippen LogP contribution < -0.4 is 4.73 Å². The summed E-state index contributed by atoms with van der Waals surface area (Å²) in [6.45, 7) is 0.719. The molecule has 1 aliphatic heterocycles. The molecule has 192 valence electrons. The molecule has 0 aliphatic carbocycles. The van der Waals surface area contributed by atoms with Crippen LogP contribution in [0.1, 0.15) is 16.2 Å². The van der Waals surface area contributed by atoms with Crippen molar-refractivity contribution in [1.29, 1.82) is 0 Å². The first-order chi connectivity index (χ1) is 17.8. The van der Waals surface area contributed by atoms with Crippen molar-refractivity contribution < 1.29 is 22.7 Å². The molecule has 0 atom stereocenters. The van der Waals surface area contributed by atoms with Crippen LogP contribution in [0.3, 0.4) is 0 Å². The Kier molecular flexibility index (Phi) is 6.82. The van der Waals surface area contributed by atoms with Gasteiger partial charge in [-0.05, 0) is 23.8 Å². The number of nitrogens with zero attached hydrogens (tertiary/aromatic N) is 5. The highest BCUT2D eigenvalue weighted by atomic mass is 35.5. The average molecular weight is 543 g/mol. The molecule has 37 heavy (non-hydrogen) atoms. The van der Waals surface area contributed by atoms with Crippen molar-refractivity contribution in [1.82, 2.24) is 24.2 Å². The molecule has 1 aliphatic rings. The summed E-state index contributed by atoms with van der Waals surface area (Å²) in [5.74, 6) is -0.362. The van der Waals surface area contributed by atoms with Crippen LogP contribution >= 0.6 is 11.6 Å². The summed E-state index contributed by atoms with van der Waals surface area (Å²) in [5, 5.41) is 12.5. The maximum atomic E-state index is 13.5. The molecule has 1 N–H and O–H groups in total. The molecule has 1 aromatic carbocycles. The molecule has 1 saturated heterocycles. The Morgan fingerprint density at radius 2 is 1.78 bits per heavy atom. The molecular formula is C24H23ClN6O5S. The van der Waals surface area contributed by atoms with Crippen LogP contribution in [0.2, 0.25) is 5.02 Å². The van der Waals surface area contributed by atoms with E-state index in [1.54, 1.807) is 30.3 Å². The predicted octanol–water partition coefficient (Wildman–Crippen LogP) is 2.20. The topological polar surface area (TPSA) is 135 Å². The van der Waals surface area contributed by atoms with Crippen LogP contribution in [-0.2, 0) is 21.4 Å². The highest BCUT2D eigenvalue weighted by Crippen LogP contribution is 2.31. The number of hydrogen-bond donors (Lipinski definition) is 1. The number of aromatic amines is 1. The summed E-state index contributed by atoms with van der Waals surface area (Å²) >= 11 is 6.13. The standard InChI is InChI=1S/C24H23ClN6O5S/c1-36-15-20-19-12-18(25)2-3-21(19)28-23(20)37(34,35)31-10-8-29(9-11-31)24(32)22-26-13-17(14-27-22)16-4-6-30(33)7-5-16/h2-7,12-14,28H,8-11,15H2,1H3. The third kappa shape index (κ3) is 4.88. The molecular weight excluding hydrogens is 520 g/mol. The zero-order valence-corrected chi connectivity index (χ0v) is 21.4. The normalized spacial score (nSPS) is 14.8. The fraction of sp³-hybridized carbons (Fsp3) is 0.250. The monoisotopic (exact) mass is 542 g/mol. The fourth-order valence-electron chi connectivity index (χ4n) is 4.30. The van der Waals surface area contributed by atoms with Gasteiger partial charge >= 0.3 is 0 Å². The third-order valence-electron chi connectivity index (χ3n) is 6.22. The van der Waals surface area contributed by atoms with Crippen LogP contribution in [-0.4, -0.2) is 71.8 Å². The number of pyridine rings is 1. The van der Waals surface area contributed by atoms with E-state index in [2.05, 4.69) is 15.0 Å². The lowest BCUT2D eigenvalue weighted by Gasteiger charge is -2.33.